The van der Waals surface area contributed by atoms with Crippen molar-refractivity contribution < 1.29 is 19.4 Å². The number of hydrogen-bond donors (Lipinski definition) is 2. The Bertz CT molecular complexity index is 999. The van der Waals surface area contributed by atoms with E-state index in [2.05, 4.69) is 5.32 Å². The number of ether oxygens (including phenoxy) is 1. The Hall–Kier alpha value is -3.60. The monoisotopic (exact) mass is 403 g/mol. The van der Waals surface area contributed by atoms with E-state index in [1.807, 2.05) is 78.9 Å². The SMILES string of the molecule is COc1ccccc1-c1ccc(C[C@H](NC(=O)[C@H](C)c2ccccc2)C(=O)O)cc1. The number of carboxylic acids is 1. The molecule has 3 aromatic rings. The van der Waals surface area contributed by atoms with Crippen LogP contribution >= 0.6 is 0 Å². The minimum atomic E-state index is -1.06. The molecule has 0 aliphatic rings. The van der Waals surface area contributed by atoms with Crippen LogP contribution in [-0.2, 0) is 16.0 Å². The first-order valence-corrected chi connectivity index (χ1v) is 9.80. The third kappa shape index (κ3) is 5.06. The molecule has 0 heterocycles. The number of amides is 1. The molecule has 0 fully saturated rings. The first kappa shape index (κ1) is 21.1. The van der Waals surface area contributed by atoms with Crippen LogP contribution in [0.5, 0.6) is 5.75 Å². The van der Waals surface area contributed by atoms with Crippen molar-refractivity contribution in [2.24, 2.45) is 0 Å². The fourth-order valence-corrected chi connectivity index (χ4v) is 3.33. The summed E-state index contributed by atoms with van der Waals surface area (Å²) in [7, 11) is 1.63. The zero-order chi connectivity index (χ0) is 21.5. The van der Waals surface area contributed by atoms with Gasteiger partial charge in [-0.3, -0.25) is 4.79 Å². The van der Waals surface area contributed by atoms with E-state index in [4.69, 9.17) is 4.74 Å². The van der Waals surface area contributed by atoms with Gasteiger partial charge < -0.3 is 15.2 Å². The summed E-state index contributed by atoms with van der Waals surface area (Å²) in [5, 5.41) is 12.3. The molecular weight excluding hydrogens is 378 g/mol. The first-order chi connectivity index (χ1) is 14.5. The molecule has 0 spiro atoms. The van der Waals surface area contributed by atoms with E-state index in [0.717, 1.165) is 28.0 Å². The molecule has 0 bridgehead atoms. The quantitative estimate of drug-likeness (QED) is 0.589. The van der Waals surface area contributed by atoms with E-state index in [-0.39, 0.29) is 12.3 Å². The van der Waals surface area contributed by atoms with Gasteiger partial charge in [-0.05, 0) is 29.7 Å². The maximum absolute atomic E-state index is 12.6. The number of carbonyl (C=O) groups excluding carboxylic acids is 1. The first-order valence-electron chi connectivity index (χ1n) is 9.80. The Kier molecular flexibility index (Phi) is 6.86. The zero-order valence-corrected chi connectivity index (χ0v) is 17.0. The molecule has 0 aliphatic heterocycles. The van der Waals surface area contributed by atoms with Gasteiger partial charge in [0.05, 0.1) is 13.0 Å². The number of hydrogen-bond acceptors (Lipinski definition) is 3. The van der Waals surface area contributed by atoms with E-state index in [1.54, 1.807) is 14.0 Å². The van der Waals surface area contributed by atoms with Gasteiger partial charge in [-0.15, -0.1) is 0 Å². The van der Waals surface area contributed by atoms with Crippen molar-refractivity contribution in [1.82, 2.24) is 5.32 Å². The van der Waals surface area contributed by atoms with Crippen LogP contribution in [-0.4, -0.2) is 30.1 Å². The Morgan fingerprint density at radius 2 is 1.57 bits per heavy atom. The minimum Gasteiger partial charge on any atom is -0.496 e. The lowest BCUT2D eigenvalue weighted by Crippen LogP contribution is -2.44. The summed E-state index contributed by atoms with van der Waals surface area (Å²) in [6, 6.07) is 23.6. The highest BCUT2D eigenvalue weighted by Gasteiger charge is 2.24. The van der Waals surface area contributed by atoms with Crippen molar-refractivity contribution in [2.75, 3.05) is 7.11 Å². The summed E-state index contributed by atoms with van der Waals surface area (Å²) < 4.78 is 5.40. The third-order valence-electron chi connectivity index (χ3n) is 5.12. The van der Waals surface area contributed by atoms with Crippen molar-refractivity contribution >= 4 is 11.9 Å². The van der Waals surface area contributed by atoms with E-state index in [1.165, 1.54) is 0 Å². The predicted molar refractivity (Wildman–Crippen MR) is 117 cm³/mol. The maximum atomic E-state index is 12.6. The van der Waals surface area contributed by atoms with E-state index in [9.17, 15) is 14.7 Å². The summed E-state index contributed by atoms with van der Waals surface area (Å²) in [6.45, 7) is 1.77. The number of rotatable bonds is 8. The average Bonchev–Trinajstić information content (AvgIpc) is 2.79. The molecule has 0 aliphatic carbocycles. The normalized spacial score (nSPS) is 12.6. The number of aliphatic carboxylic acids is 1. The molecule has 0 unspecified atom stereocenters. The van der Waals surface area contributed by atoms with Gasteiger partial charge in [-0.1, -0.05) is 72.8 Å². The molecule has 1 amide bonds. The van der Waals surface area contributed by atoms with Crippen LogP contribution in [0.1, 0.15) is 24.0 Å². The molecule has 154 valence electrons. The molecule has 5 nitrogen and oxygen atoms in total. The highest BCUT2D eigenvalue weighted by molar-refractivity contribution is 5.88. The van der Waals surface area contributed by atoms with Gasteiger partial charge in [0.25, 0.3) is 0 Å². The molecule has 0 radical (unpaired) electrons. The molecule has 2 atom stereocenters. The Morgan fingerprint density at radius 1 is 0.933 bits per heavy atom. The molecule has 0 aromatic heterocycles. The number of benzene rings is 3. The topological polar surface area (TPSA) is 75.6 Å². The number of carboxylic acid groups (broad SMARTS) is 1. The second kappa shape index (κ2) is 9.74. The molecule has 2 N–H and O–H groups in total. The molecule has 30 heavy (non-hydrogen) atoms. The Labute approximate surface area is 176 Å². The van der Waals surface area contributed by atoms with Crippen molar-refractivity contribution in [3.63, 3.8) is 0 Å². The second-order valence-electron chi connectivity index (χ2n) is 7.13. The Morgan fingerprint density at radius 3 is 2.20 bits per heavy atom. The summed E-state index contributed by atoms with van der Waals surface area (Å²) in [5.74, 6) is -1.02. The number of carbonyl (C=O) groups is 2. The van der Waals surface area contributed by atoms with Crippen molar-refractivity contribution in [1.29, 1.82) is 0 Å². The lowest BCUT2D eigenvalue weighted by molar-refractivity contribution is -0.141. The molecule has 0 saturated heterocycles. The number of methoxy groups -OCH3 is 1. The lowest BCUT2D eigenvalue weighted by atomic mass is 9.98. The summed E-state index contributed by atoms with van der Waals surface area (Å²) in [5.41, 5.74) is 3.62. The highest BCUT2D eigenvalue weighted by atomic mass is 16.5. The third-order valence-corrected chi connectivity index (χ3v) is 5.12. The van der Waals surface area contributed by atoms with Gasteiger partial charge in [0, 0.05) is 12.0 Å². The molecule has 3 aromatic carbocycles. The van der Waals surface area contributed by atoms with Gasteiger partial charge in [-0.2, -0.15) is 0 Å². The maximum Gasteiger partial charge on any atom is 0.326 e. The molecular formula is C25H25NO4. The Balaban J connectivity index is 1.71. The average molecular weight is 403 g/mol. The molecule has 5 heteroatoms. The van der Waals surface area contributed by atoms with Gasteiger partial charge in [-0.25, -0.2) is 4.79 Å². The lowest BCUT2D eigenvalue weighted by Gasteiger charge is -2.18. The van der Waals surface area contributed by atoms with E-state index >= 15 is 0 Å². The second-order valence-corrected chi connectivity index (χ2v) is 7.13. The largest absolute Gasteiger partial charge is 0.496 e. The fraction of sp³-hybridized carbons (Fsp3) is 0.200. The van der Waals surface area contributed by atoms with Crippen molar-refractivity contribution in [2.45, 2.75) is 25.3 Å². The van der Waals surface area contributed by atoms with E-state index in [0.29, 0.717) is 0 Å². The van der Waals surface area contributed by atoms with Crippen LogP contribution in [0.15, 0.2) is 78.9 Å². The van der Waals surface area contributed by atoms with Crippen molar-refractivity contribution in [3.8, 4) is 16.9 Å². The predicted octanol–water partition coefficient (Wildman–Crippen LogP) is 4.28. The minimum absolute atomic E-state index is 0.203. The van der Waals surface area contributed by atoms with Crippen LogP contribution in [0.2, 0.25) is 0 Å². The molecule has 3 rings (SSSR count). The van der Waals surface area contributed by atoms with Gasteiger partial charge in [0.2, 0.25) is 5.91 Å². The summed E-state index contributed by atoms with van der Waals surface area (Å²) in [6.07, 6.45) is 0.203. The van der Waals surface area contributed by atoms with Gasteiger partial charge in [0.15, 0.2) is 0 Å². The zero-order valence-electron chi connectivity index (χ0n) is 17.0. The van der Waals surface area contributed by atoms with Gasteiger partial charge >= 0.3 is 5.97 Å². The van der Waals surface area contributed by atoms with Crippen LogP contribution < -0.4 is 10.1 Å². The number of nitrogens with one attached hydrogen (secondary N) is 1. The van der Waals surface area contributed by atoms with Crippen molar-refractivity contribution in [3.05, 3.63) is 90.0 Å². The van der Waals surface area contributed by atoms with Crippen LogP contribution in [0.4, 0.5) is 0 Å². The summed E-state index contributed by atoms with van der Waals surface area (Å²) in [4.78, 5) is 24.3. The van der Waals surface area contributed by atoms with Crippen LogP contribution in [0.3, 0.4) is 0 Å². The standard InChI is InChI=1S/C25H25NO4/c1-17(19-8-4-3-5-9-19)24(27)26-22(25(28)29)16-18-12-14-20(15-13-18)21-10-6-7-11-23(21)30-2/h3-15,17,22H,16H2,1-2H3,(H,26,27)(H,28,29)/t17-,22+/m1/s1. The number of para-hydroxylation sites is 1. The highest BCUT2D eigenvalue weighted by Crippen LogP contribution is 2.29. The molecule has 0 saturated carbocycles. The smallest absolute Gasteiger partial charge is 0.326 e. The fourth-order valence-electron chi connectivity index (χ4n) is 3.33. The van der Waals surface area contributed by atoms with Crippen LogP contribution in [0.25, 0.3) is 11.1 Å². The van der Waals surface area contributed by atoms with Gasteiger partial charge in [0.1, 0.15) is 11.8 Å². The summed E-state index contributed by atoms with van der Waals surface area (Å²) >= 11 is 0. The van der Waals surface area contributed by atoms with E-state index < -0.39 is 17.9 Å². The van der Waals surface area contributed by atoms with Crippen LogP contribution in [0, 0.1) is 0 Å².